The van der Waals surface area contributed by atoms with Crippen LogP contribution in [0.15, 0.2) is 140 Å². The summed E-state index contributed by atoms with van der Waals surface area (Å²) in [5.41, 5.74) is 7.33. The van der Waals surface area contributed by atoms with Crippen molar-refractivity contribution < 1.29 is 9.47 Å². The van der Waals surface area contributed by atoms with Gasteiger partial charge in [0.1, 0.15) is 0 Å². The van der Waals surface area contributed by atoms with Crippen molar-refractivity contribution in [3.8, 4) is 68.3 Å². The predicted molar refractivity (Wildman–Crippen MR) is 195 cm³/mol. The van der Waals surface area contributed by atoms with Crippen molar-refractivity contribution in [2.75, 3.05) is 0 Å². The predicted octanol–water partition coefficient (Wildman–Crippen LogP) is 11.4. The number of hydrogen-bond acceptors (Lipinski definition) is 5. The van der Waals surface area contributed by atoms with Crippen LogP contribution in [0.5, 0.6) is 23.0 Å². The largest absolute Gasteiger partial charge is 0.449 e. The fourth-order valence-electron chi connectivity index (χ4n) is 7.47. The quantitative estimate of drug-likeness (QED) is 0.182. The van der Waals surface area contributed by atoms with Crippen molar-refractivity contribution in [3.05, 3.63) is 151 Å². The fourth-order valence-corrected chi connectivity index (χ4v) is 7.47. The molecular weight excluding hydrogens is 603 g/mol. The molecule has 7 aromatic carbocycles. The first-order valence-corrected chi connectivity index (χ1v) is 16.5. The van der Waals surface area contributed by atoms with Gasteiger partial charge in [0.2, 0.25) is 0 Å². The highest BCUT2D eigenvalue weighted by molar-refractivity contribution is 6.08. The van der Waals surface area contributed by atoms with Crippen LogP contribution in [0.1, 0.15) is 25.0 Å². The average Bonchev–Trinajstić information content (AvgIpc) is 3.37. The maximum Gasteiger partial charge on any atom is 0.181 e. The zero-order valence-corrected chi connectivity index (χ0v) is 26.9. The van der Waals surface area contributed by atoms with Crippen LogP contribution in [0.2, 0.25) is 0 Å². The van der Waals surface area contributed by atoms with Gasteiger partial charge in [0.15, 0.2) is 40.5 Å². The lowest BCUT2D eigenvalue weighted by molar-refractivity contribution is 0.360. The molecule has 0 saturated heterocycles. The second-order valence-electron chi connectivity index (χ2n) is 13.2. The first kappa shape index (κ1) is 27.8. The third-order valence-corrected chi connectivity index (χ3v) is 9.97. The van der Waals surface area contributed by atoms with Gasteiger partial charge in [-0.05, 0) is 74.1 Å². The molecule has 0 unspecified atom stereocenters. The molecule has 0 amide bonds. The number of hydrogen-bond donors (Lipinski definition) is 0. The lowest BCUT2D eigenvalue weighted by atomic mass is 9.82. The van der Waals surface area contributed by atoms with Gasteiger partial charge in [0.05, 0.1) is 5.56 Å². The SMILES string of the molecule is CC1(C)c2ccccc2-c2cc3c(cc21)Oc1c(cccc1-c1nc(-c2ccccc2)nc(-c2ccc4c(ccc5ccccc54)c2)n1)O3. The van der Waals surface area contributed by atoms with E-state index in [1.165, 1.54) is 38.4 Å². The molecule has 5 heteroatoms. The maximum absolute atomic E-state index is 6.74. The van der Waals surface area contributed by atoms with Crippen LogP contribution >= 0.6 is 0 Å². The minimum Gasteiger partial charge on any atom is -0.449 e. The molecule has 1 aromatic heterocycles. The topological polar surface area (TPSA) is 57.1 Å². The first-order chi connectivity index (χ1) is 24.0. The van der Waals surface area contributed by atoms with Crippen molar-refractivity contribution in [1.29, 1.82) is 0 Å². The second-order valence-corrected chi connectivity index (χ2v) is 13.2. The lowest BCUT2D eigenvalue weighted by Gasteiger charge is -2.26. The van der Waals surface area contributed by atoms with Crippen LogP contribution in [0, 0.1) is 0 Å². The van der Waals surface area contributed by atoms with Crippen molar-refractivity contribution in [1.82, 2.24) is 15.0 Å². The fraction of sp³-hybridized carbons (Fsp3) is 0.0682. The van der Waals surface area contributed by atoms with E-state index in [0.29, 0.717) is 40.5 Å². The zero-order chi connectivity index (χ0) is 32.7. The molecule has 1 aliphatic heterocycles. The summed E-state index contributed by atoms with van der Waals surface area (Å²) >= 11 is 0. The van der Waals surface area contributed by atoms with E-state index in [9.17, 15) is 0 Å². The molecule has 8 aromatic rings. The Labute approximate surface area is 283 Å². The highest BCUT2D eigenvalue weighted by Crippen LogP contribution is 2.56. The summed E-state index contributed by atoms with van der Waals surface area (Å²) in [6.45, 7) is 4.53. The van der Waals surface area contributed by atoms with Gasteiger partial charge >= 0.3 is 0 Å². The summed E-state index contributed by atoms with van der Waals surface area (Å²) in [6.07, 6.45) is 0. The second kappa shape index (κ2) is 10.3. The van der Waals surface area contributed by atoms with Gasteiger partial charge in [-0.25, -0.2) is 15.0 Å². The van der Waals surface area contributed by atoms with E-state index in [4.69, 9.17) is 24.4 Å². The lowest BCUT2D eigenvalue weighted by Crippen LogP contribution is -2.15. The Morgan fingerprint density at radius 1 is 0.429 bits per heavy atom. The Balaban J connectivity index is 1.11. The molecule has 2 heterocycles. The summed E-state index contributed by atoms with van der Waals surface area (Å²) < 4.78 is 13.3. The summed E-state index contributed by atoms with van der Waals surface area (Å²) in [4.78, 5) is 15.1. The zero-order valence-electron chi connectivity index (χ0n) is 26.9. The van der Waals surface area contributed by atoms with E-state index in [-0.39, 0.29) is 5.41 Å². The summed E-state index contributed by atoms with van der Waals surface area (Å²) in [6, 6.07) is 48.0. The van der Waals surface area contributed by atoms with E-state index >= 15 is 0 Å². The van der Waals surface area contributed by atoms with Crippen molar-refractivity contribution >= 4 is 21.5 Å². The van der Waals surface area contributed by atoms with Crippen molar-refractivity contribution in [3.63, 3.8) is 0 Å². The highest BCUT2D eigenvalue weighted by Gasteiger charge is 2.37. The number of para-hydroxylation sites is 1. The first-order valence-electron chi connectivity index (χ1n) is 16.5. The normalized spacial score (nSPS) is 13.6. The molecule has 49 heavy (non-hydrogen) atoms. The average molecular weight is 632 g/mol. The summed E-state index contributed by atoms with van der Waals surface area (Å²) in [7, 11) is 0. The standard InChI is InChI=1S/C44H29N3O2/c1-44(2)35-17-9-8-15-32(35)34-24-38-39(25-36(34)44)49-40-33(16-10-18-37(40)48-38)43-46-41(27-12-4-3-5-13-27)45-42(47-43)29-21-22-31-28(23-29)20-19-26-11-6-7-14-30(26)31/h3-25H,1-2H3. The molecule has 2 aliphatic rings. The van der Waals surface area contributed by atoms with Crippen molar-refractivity contribution in [2.24, 2.45) is 0 Å². The number of ether oxygens (including phenoxy) is 2. The van der Waals surface area contributed by atoms with Gasteiger partial charge in [-0.2, -0.15) is 0 Å². The van der Waals surface area contributed by atoms with E-state index < -0.39 is 0 Å². The Morgan fingerprint density at radius 3 is 2.02 bits per heavy atom. The molecule has 0 N–H and O–H groups in total. The minimum atomic E-state index is -0.163. The van der Waals surface area contributed by atoms with E-state index in [1.807, 2.05) is 48.5 Å². The molecule has 5 nitrogen and oxygen atoms in total. The van der Waals surface area contributed by atoms with Crippen LogP contribution in [-0.2, 0) is 5.41 Å². The number of fused-ring (bicyclic) bond motifs is 8. The van der Waals surface area contributed by atoms with Gasteiger partial charge < -0.3 is 9.47 Å². The van der Waals surface area contributed by atoms with Crippen LogP contribution in [0.3, 0.4) is 0 Å². The van der Waals surface area contributed by atoms with Crippen molar-refractivity contribution in [2.45, 2.75) is 19.3 Å². The molecule has 0 bridgehead atoms. The van der Waals surface area contributed by atoms with Gasteiger partial charge in [0, 0.05) is 16.5 Å². The van der Waals surface area contributed by atoms with Gasteiger partial charge in [-0.15, -0.1) is 0 Å². The van der Waals surface area contributed by atoms with E-state index in [0.717, 1.165) is 22.1 Å². The molecule has 0 radical (unpaired) electrons. The smallest absolute Gasteiger partial charge is 0.181 e. The highest BCUT2D eigenvalue weighted by atomic mass is 16.6. The van der Waals surface area contributed by atoms with E-state index in [2.05, 4.69) is 105 Å². The number of nitrogens with zero attached hydrogens (tertiary/aromatic N) is 3. The molecule has 0 fully saturated rings. The molecule has 0 spiro atoms. The Morgan fingerprint density at radius 2 is 1.12 bits per heavy atom. The molecule has 0 saturated carbocycles. The number of aromatic nitrogens is 3. The Bertz CT molecular complexity index is 2650. The van der Waals surface area contributed by atoms with Crippen LogP contribution in [-0.4, -0.2) is 15.0 Å². The maximum atomic E-state index is 6.74. The monoisotopic (exact) mass is 631 g/mol. The minimum absolute atomic E-state index is 0.163. The van der Waals surface area contributed by atoms with E-state index in [1.54, 1.807) is 0 Å². The molecular formula is C44H29N3O2. The van der Waals surface area contributed by atoms with Gasteiger partial charge in [-0.3, -0.25) is 0 Å². The van der Waals surface area contributed by atoms with Crippen LogP contribution < -0.4 is 9.47 Å². The van der Waals surface area contributed by atoms with Gasteiger partial charge in [0.25, 0.3) is 0 Å². The molecule has 10 rings (SSSR count). The third-order valence-electron chi connectivity index (χ3n) is 9.97. The Hall–Kier alpha value is -6.33. The molecule has 232 valence electrons. The Kier molecular flexibility index (Phi) is 5.85. The molecule has 0 atom stereocenters. The number of benzene rings is 7. The third kappa shape index (κ3) is 4.29. The summed E-state index contributed by atoms with van der Waals surface area (Å²) in [5.74, 6) is 4.28. The van der Waals surface area contributed by atoms with Crippen LogP contribution in [0.25, 0.3) is 66.8 Å². The van der Waals surface area contributed by atoms with Gasteiger partial charge in [-0.1, -0.05) is 123 Å². The number of rotatable bonds is 3. The molecule has 1 aliphatic carbocycles. The summed E-state index contributed by atoms with van der Waals surface area (Å²) in [5, 5.41) is 4.76. The van der Waals surface area contributed by atoms with Crippen LogP contribution in [0.4, 0.5) is 0 Å².